The number of sulfonamides is 1. The van der Waals surface area contributed by atoms with Gasteiger partial charge in [0.2, 0.25) is 0 Å². The normalized spacial score (nSPS) is 11.3. The van der Waals surface area contributed by atoms with E-state index in [-0.39, 0.29) is 10.7 Å². The van der Waals surface area contributed by atoms with E-state index in [0.717, 1.165) is 6.07 Å². The number of hydrogen-bond donors (Lipinski definition) is 1. The summed E-state index contributed by atoms with van der Waals surface area (Å²) in [7, 11) is -3.89. The lowest BCUT2D eigenvalue weighted by molar-refractivity contribution is 0.594. The van der Waals surface area contributed by atoms with Crippen molar-refractivity contribution in [1.29, 1.82) is 0 Å². The second-order valence-corrected chi connectivity index (χ2v) is 5.96. The van der Waals surface area contributed by atoms with Crippen LogP contribution in [-0.2, 0) is 10.0 Å². The molecule has 0 spiro atoms. The highest BCUT2D eigenvalue weighted by Crippen LogP contribution is 2.20. The van der Waals surface area contributed by atoms with Crippen molar-refractivity contribution in [2.24, 2.45) is 0 Å². The summed E-state index contributed by atoms with van der Waals surface area (Å²) < 4.78 is 39.7. The number of halogens is 2. The molecule has 0 aliphatic carbocycles. The standard InChI is InChI=1S/C12H10ClFN2O2S/c1-8-2-3-10(14)7-11(8)19(17,18)16-12-6-9(13)4-5-15-12/h2-7H,1H3,(H,15,16). The van der Waals surface area contributed by atoms with Crippen molar-refractivity contribution in [3.05, 3.63) is 52.9 Å². The maximum atomic E-state index is 13.2. The fourth-order valence-electron chi connectivity index (χ4n) is 1.52. The molecule has 0 radical (unpaired) electrons. The Kier molecular flexibility index (Phi) is 3.73. The first-order valence-corrected chi connectivity index (χ1v) is 7.15. The van der Waals surface area contributed by atoms with Crippen LogP contribution in [0.3, 0.4) is 0 Å². The maximum absolute atomic E-state index is 13.2. The van der Waals surface area contributed by atoms with E-state index in [2.05, 4.69) is 9.71 Å². The first-order chi connectivity index (χ1) is 8.88. The highest BCUT2D eigenvalue weighted by molar-refractivity contribution is 7.92. The lowest BCUT2D eigenvalue weighted by atomic mass is 10.2. The molecule has 1 N–H and O–H groups in total. The van der Waals surface area contributed by atoms with Crippen molar-refractivity contribution < 1.29 is 12.8 Å². The van der Waals surface area contributed by atoms with Crippen LogP contribution in [0.5, 0.6) is 0 Å². The first-order valence-electron chi connectivity index (χ1n) is 5.29. The zero-order chi connectivity index (χ0) is 14.0. The van der Waals surface area contributed by atoms with Crippen molar-refractivity contribution >= 4 is 27.4 Å². The summed E-state index contributed by atoms with van der Waals surface area (Å²) in [4.78, 5) is 3.70. The molecule has 2 rings (SSSR count). The Bertz CT molecular complexity index is 719. The van der Waals surface area contributed by atoms with Gasteiger partial charge in [0.25, 0.3) is 10.0 Å². The van der Waals surface area contributed by atoms with Crippen molar-refractivity contribution in [3.63, 3.8) is 0 Å². The Morgan fingerprint density at radius 3 is 2.68 bits per heavy atom. The molecule has 0 aliphatic heterocycles. The minimum absolute atomic E-state index is 0.0798. The molecule has 4 nitrogen and oxygen atoms in total. The van der Waals surface area contributed by atoms with Crippen molar-refractivity contribution in [3.8, 4) is 0 Å². The number of aryl methyl sites for hydroxylation is 1. The second-order valence-electron chi connectivity index (χ2n) is 3.87. The summed E-state index contributed by atoms with van der Waals surface area (Å²) in [5.74, 6) is -0.541. The van der Waals surface area contributed by atoms with Gasteiger partial charge >= 0.3 is 0 Å². The van der Waals surface area contributed by atoms with E-state index in [1.165, 1.54) is 30.5 Å². The van der Waals surface area contributed by atoms with Crippen LogP contribution in [0, 0.1) is 12.7 Å². The lowest BCUT2D eigenvalue weighted by Gasteiger charge is -2.09. The summed E-state index contributed by atoms with van der Waals surface area (Å²) in [6.45, 7) is 1.58. The number of rotatable bonds is 3. The highest BCUT2D eigenvalue weighted by atomic mass is 35.5. The second kappa shape index (κ2) is 5.14. The number of nitrogens with one attached hydrogen (secondary N) is 1. The van der Waals surface area contributed by atoms with Crippen molar-refractivity contribution in [2.75, 3.05) is 4.72 Å². The Morgan fingerprint density at radius 2 is 2.00 bits per heavy atom. The molecule has 0 bridgehead atoms. The van der Waals surface area contributed by atoms with Gasteiger partial charge in [-0.1, -0.05) is 17.7 Å². The van der Waals surface area contributed by atoms with Crippen LogP contribution in [0.4, 0.5) is 10.2 Å². The molecule has 100 valence electrons. The monoisotopic (exact) mass is 300 g/mol. The molecule has 7 heteroatoms. The molecular weight excluding hydrogens is 291 g/mol. The van der Waals surface area contributed by atoms with E-state index >= 15 is 0 Å². The van der Waals surface area contributed by atoms with Gasteiger partial charge in [-0.25, -0.2) is 17.8 Å². The molecule has 0 fully saturated rings. The Hall–Kier alpha value is -1.66. The van der Waals surface area contributed by atoms with Crippen LogP contribution in [0.1, 0.15) is 5.56 Å². The largest absolute Gasteiger partial charge is 0.263 e. The Morgan fingerprint density at radius 1 is 1.26 bits per heavy atom. The quantitative estimate of drug-likeness (QED) is 0.948. The number of nitrogens with zero attached hydrogens (tertiary/aromatic N) is 1. The average molecular weight is 301 g/mol. The number of benzene rings is 1. The third kappa shape index (κ3) is 3.21. The Balaban J connectivity index is 2.40. The fraction of sp³-hybridized carbons (Fsp3) is 0.0833. The minimum Gasteiger partial charge on any atom is -0.263 e. The zero-order valence-electron chi connectivity index (χ0n) is 9.89. The molecule has 19 heavy (non-hydrogen) atoms. The van der Waals surface area contributed by atoms with E-state index in [4.69, 9.17) is 11.6 Å². The van der Waals surface area contributed by atoms with Crippen LogP contribution < -0.4 is 4.72 Å². The lowest BCUT2D eigenvalue weighted by Crippen LogP contribution is -2.15. The summed E-state index contributed by atoms with van der Waals surface area (Å²) in [5.41, 5.74) is 0.441. The molecule has 2 aromatic rings. The van der Waals surface area contributed by atoms with E-state index in [0.29, 0.717) is 10.6 Å². The number of hydrogen-bond acceptors (Lipinski definition) is 3. The SMILES string of the molecule is Cc1ccc(F)cc1S(=O)(=O)Nc1cc(Cl)ccn1. The number of pyridine rings is 1. The van der Waals surface area contributed by atoms with Crippen LogP contribution in [0.25, 0.3) is 0 Å². The van der Waals surface area contributed by atoms with Crippen molar-refractivity contribution in [2.45, 2.75) is 11.8 Å². The van der Waals surface area contributed by atoms with Crippen LogP contribution in [0.15, 0.2) is 41.4 Å². The van der Waals surface area contributed by atoms with Crippen LogP contribution in [0.2, 0.25) is 5.02 Å². The molecule has 1 aromatic carbocycles. The number of aromatic nitrogens is 1. The van der Waals surface area contributed by atoms with Crippen LogP contribution >= 0.6 is 11.6 Å². The maximum Gasteiger partial charge on any atom is 0.263 e. The molecule has 1 heterocycles. The molecule has 0 atom stereocenters. The van der Waals surface area contributed by atoms with Gasteiger partial charge in [-0.05, 0) is 30.7 Å². The summed E-state index contributed by atoms with van der Waals surface area (Å²) >= 11 is 5.74. The van der Waals surface area contributed by atoms with E-state index in [9.17, 15) is 12.8 Å². The van der Waals surface area contributed by atoms with E-state index in [1.807, 2.05) is 0 Å². The van der Waals surface area contributed by atoms with Gasteiger partial charge < -0.3 is 0 Å². The third-order valence-electron chi connectivity index (χ3n) is 2.40. The highest BCUT2D eigenvalue weighted by Gasteiger charge is 2.18. The topological polar surface area (TPSA) is 59.1 Å². The summed E-state index contributed by atoms with van der Waals surface area (Å²) in [6.07, 6.45) is 1.37. The van der Waals surface area contributed by atoms with Crippen molar-refractivity contribution in [1.82, 2.24) is 4.98 Å². The van der Waals surface area contributed by atoms with Gasteiger partial charge in [0.15, 0.2) is 0 Å². The minimum atomic E-state index is -3.89. The molecule has 0 saturated carbocycles. The predicted molar refractivity (Wildman–Crippen MR) is 71.2 cm³/mol. The fourth-order valence-corrected chi connectivity index (χ4v) is 2.93. The van der Waals surface area contributed by atoms with E-state index < -0.39 is 15.8 Å². The van der Waals surface area contributed by atoms with Gasteiger partial charge in [-0.3, -0.25) is 4.72 Å². The summed E-state index contributed by atoms with van der Waals surface area (Å²) in [5, 5.41) is 0.351. The molecule has 0 aliphatic rings. The van der Waals surface area contributed by atoms with Gasteiger partial charge in [-0.2, -0.15) is 0 Å². The Labute approximate surface area is 115 Å². The van der Waals surface area contributed by atoms with Crippen LogP contribution in [-0.4, -0.2) is 13.4 Å². The third-order valence-corrected chi connectivity index (χ3v) is 4.13. The molecule has 0 unspecified atom stereocenters. The van der Waals surface area contributed by atoms with Gasteiger partial charge in [0.05, 0.1) is 4.90 Å². The predicted octanol–water partition coefficient (Wildman–Crippen LogP) is 2.98. The number of anilines is 1. The summed E-state index contributed by atoms with van der Waals surface area (Å²) in [6, 6.07) is 6.45. The molecule has 0 amide bonds. The van der Waals surface area contributed by atoms with Gasteiger partial charge in [0.1, 0.15) is 11.6 Å². The molecular formula is C12H10ClFN2O2S. The van der Waals surface area contributed by atoms with E-state index in [1.54, 1.807) is 6.92 Å². The van der Waals surface area contributed by atoms with Gasteiger partial charge in [0, 0.05) is 17.3 Å². The average Bonchev–Trinajstić information content (AvgIpc) is 2.31. The smallest absolute Gasteiger partial charge is 0.263 e. The first kappa shape index (κ1) is 13.8. The molecule has 1 aromatic heterocycles. The zero-order valence-corrected chi connectivity index (χ0v) is 11.5. The molecule has 0 saturated heterocycles. The van der Waals surface area contributed by atoms with Gasteiger partial charge in [-0.15, -0.1) is 0 Å².